The molecule has 0 aromatic carbocycles. The summed E-state index contributed by atoms with van der Waals surface area (Å²) in [5.74, 6) is 2.15. The third-order valence-electron chi connectivity index (χ3n) is 2.14. The number of hydrogen-bond acceptors (Lipinski definition) is 5. The fourth-order valence-electron chi connectivity index (χ4n) is 1.35. The minimum atomic E-state index is -0.312. The topological polar surface area (TPSA) is 54.0 Å². The average molecular weight is 295 g/mol. The molecule has 1 aromatic rings. The molecule has 4 nitrogen and oxygen atoms in total. The number of nitrogens with one attached hydrogen (secondary N) is 1. The van der Waals surface area contributed by atoms with Gasteiger partial charge in [-0.3, -0.25) is 10.2 Å². The number of carbonyl (C=O) groups excluding carboxylic acids is 1. The largest absolute Gasteiger partial charge is 0.465 e. The normalized spacial score (nSPS) is 9.58. The van der Waals surface area contributed by atoms with Gasteiger partial charge in [0.1, 0.15) is 0 Å². The van der Waals surface area contributed by atoms with Crippen molar-refractivity contribution in [2.75, 3.05) is 12.4 Å². The SMILES string of the molecule is CCOC(=O)CSC(=S)C(=C=N)[n+]1cccc(C)c1. The van der Waals surface area contributed by atoms with Gasteiger partial charge in [-0.1, -0.05) is 24.0 Å². The minimum absolute atomic E-state index is 0.143. The van der Waals surface area contributed by atoms with Crippen molar-refractivity contribution in [2.45, 2.75) is 13.8 Å². The van der Waals surface area contributed by atoms with Crippen LogP contribution in [0.1, 0.15) is 12.5 Å². The molecular weight excluding hydrogens is 280 g/mol. The lowest BCUT2D eigenvalue weighted by Gasteiger charge is -2.02. The summed E-state index contributed by atoms with van der Waals surface area (Å²) in [7, 11) is 0. The first kappa shape index (κ1) is 15.6. The van der Waals surface area contributed by atoms with E-state index in [2.05, 4.69) is 5.87 Å². The zero-order valence-electron chi connectivity index (χ0n) is 10.8. The summed E-state index contributed by atoms with van der Waals surface area (Å²) < 4.78 is 7.00. The van der Waals surface area contributed by atoms with Gasteiger partial charge in [-0.25, -0.2) is 0 Å². The summed E-state index contributed by atoms with van der Waals surface area (Å²) in [4.78, 5) is 11.3. The van der Waals surface area contributed by atoms with Crippen molar-refractivity contribution in [1.82, 2.24) is 0 Å². The quantitative estimate of drug-likeness (QED) is 0.297. The van der Waals surface area contributed by atoms with Crippen molar-refractivity contribution in [3.05, 3.63) is 30.1 Å². The predicted octanol–water partition coefficient (Wildman–Crippen LogP) is 2.00. The Balaban J connectivity index is 2.74. The number of aromatic nitrogens is 1. The number of esters is 1. The van der Waals surface area contributed by atoms with Crippen LogP contribution < -0.4 is 4.57 Å². The second kappa shape index (κ2) is 7.84. The van der Waals surface area contributed by atoms with Gasteiger partial charge in [0.15, 0.2) is 16.6 Å². The molecule has 0 amide bonds. The molecule has 0 bridgehead atoms. The maximum atomic E-state index is 11.3. The van der Waals surface area contributed by atoms with Gasteiger partial charge < -0.3 is 4.74 Å². The predicted molar refractivity (Wildman–Crippen MR) is 80.5 cm³/mol. The van der Waals surface area contributed by atoms with Gasteiger partial charge in [-0.2, -0.15) is 4.57 Å². The van der Waals surface area contributed by atoms with Crippen LogP contribution in [0.4, 0.5) is 0 Å². The molecule has 6 heteroatoms. The smallest absolute Gasteiger partial charge is 0.316 e. The second-order valence-corrected chi connectivity index (χ2v) is 5.30. The Morgan fingerprint density at radius 3 is 2.95 bits per heavy atom. The Morgan fingerprint density at radius 2 is 2.37 bits per heavy atom. The molecule has 1 heterocycles. The molecule has 1 N–H and O–H groups in total. The molecule has 0 radical (unpaired) electrons. The van der Waals surface area contributed by atoms with Gasteiger partial charge in [0.25, 0.3) is 5.70 Å². The van der Waals surface area contributed by atoms with Crippen LogP contribution in [0.2, 0.25) is 0 Å². The zero-order chi connectivity index (χ0) is 14.3. The highest BCUT2D eigenvalue weighted by molar-refractivity contribution is 8.24. The van der Waals surface area contributed by atoms with Crippen LogP contribution >= 0.6 is 24.0 Å². The molecule has 0 saturated carbocycles. The number of carbonyl (C=O) groups is 1. The zero-order valence-corrected chi connectivity index (χ0v) is 12.4. The van der Waals surface area contributed by atoms with Crippen LogP contribution in [0.15, 0.2) is 24.5 Å². The first-order valence-electron chi connectivity index (χ1n) is 5.69. The fraction of sp³-hybridized carbons (Fsp3) is 0.308. The number of pyridine rings is 1. The van der Waals surface area contributed by atoms with Crippen molar-refractivity contribution in [1.29, 1.82) is 5.41 Å². The first-order chi connectivity index (χ1) is 9.08. The van der Waals surface area contributed by atoms with E-state index in [1.807, 2.05) is 25.3 Å². The molecule has 0 unspecified atom stereocenters. The minimum Gasteiger partial charge on any atom is -0.465 e. The number of aryl methyl sites for hydroxylation is 1. The molecule has 0 saturated heterocycles. The number of nitrogens with zero attached hydrogens (tertiary/aromatic N) is 1. The lowest BCUT2D eigenvalue weighted by atomic mass is 10.3. The first-order valence-corrected chi connectivity index (χ1v) is 7.08. The number of hydrogen-bond donors (Lipinski definition) is 1. The number of rotatable bonds is 5. The molecule has 1 aromatic heterocycles. The summed E-state index contributed by atoms with van der Waals surface area (Å²) in [5, 5.41) is 7.34. The molecular formula is C13H15N2O2S2+. The molecule has 100 valence electrons. The Morgan fingerprint density at radius 1 is 1.63 bits per heavy atom. The Hall–Kier alpha value is -1.49. The lowest BCUT2D eigenvalue weighted by Crippen LogP contribution is -2.35. The Kier molecular flexibility index (Phi) is 6.42. The van der Waals surface area contributed by atoms with E-state index in [0.717, 1.165) is 5.56 Å². The molecule has 0 fully saturated rings. The summed E-state index contributed by atoms with van der Waals surface area (Å²) >= 11 is 6.39. The van der Waals surface area contributed by atoms with Crippen molar-refractivity contribution >= 4 is 45.7 Å². The monoisotopic (exact) mass is 295 g/mol. The molecule has 1 rings (SSSR count). The van der Waals surface area contributed by atoms with Crippen LogP contribution in [0.3, 0.4) is 0 Å². The number of ether oxygens (including phenoxy) is 1. The molecule has 0 atom stereocenters. The van der Waals surface area contributed by atoms with E-state index in [1.165, 1.54) is 11.8 Å². The van der Waals surface area contributed by atoms with Crippen LogP contribution in [0, 0.1) is 12.3 Å². The summed E-state index contributed by atoms with van der Waals surface area (Å²) in [6.45, 7) is 4.06. The van der Waals surface area contributed by atoms with E-state index >= 15 is 0 Å². The Bertz CT molecular complexity index is 537. The maximum absolute atomic E-state index is 11.3. The number of thiocarbonyl (C=S) groups is 1. The van der Waals surface area contributed by atoms with Gasteiger partial charge in [0.05, 0.1) is 18.2 Å². The highest BCUT2D eigenvalue weighted by Crippen LogP contribution is 2.11. The van der Waals surface area contributed by atoms with E-state index in [-0.39, 0.29) is 11.7 Å². The van der Waals surface area contributed by atoms with E-state index < -0.39 is 0 Å². The van der Waals surface area contributed by atoms with Gasteiger partial charge in [-0.05, 0) is 19.9 Å². The average Bonchev–Trinajstić information content (AvgIpc) is 2.38. The van der Waals surface area contributed by atoms with E-state index in [4.69, 9.17) is 22.4 Å². The van der Waals surface area contributed by atoms with E-state index in [1.54, 1.807) is 17.7 Å². The molecule has 19 heavy (non-hydrogen) atoms. The van der Waals surface area contributed by atoms with Gasteiger partial charge in [0, 0.05) is 11.6 Å². The third-order valence-corrected chi connectivity index (χ3v) is 3.53. The molecule has 0 aliphatic rings. The second-order valence-electron chi connectivity index (χ2n) is 3.64. The Labute approximate surface area is 122 Å². The lowest BCUT2D eigenvalue weighted by molar-refractivity contribution is -0.574. The van der Waals surface area contributed by atoms with Crippen LogP contribution in [0.25, 0.3) is 5.70 Å². The van der Waals surface area contributed by atoms with E-state index in [0.29, 0.717) is 16.5 Å². The van der Waals surface area contributed by atoms with Crippen molar-refractivity contribution in [2.24, 2.45) is 0 Å². The van der Waals surface area contributed by atoms with Gasteiger partial charge in [0.2, 0.25) is 0 Å². The highest BCUT2D eigenvalue weighted by atomic mass is 32.2. The summed E-state index contributed by atoms with van der Waals surface area (Å²) in [6.07, 6.45) is 3.65. The maximum Gasteiger partial charge on any atom is 0.316 e. The molecule has 0 spiro atoms. The summed E-state index contributed by atoms with van der Waals surface area (Å²) in [5.41, 5.74) is 1.50. The highest BCUT2D eigenvalue weighted by Gasteiger charge is 2.18. The van der Waals surface area contributed by atoms with Gasteiger partial charge in [-0.15, -0.1) is 0 Å². The fourth-order valence-corrected chi connectivity index (χ4v) is 2.31. The number of thioether (sulfide) groups is 1. The standard InChI is InChI=1S/C13H15N2O2S2/c1-3-17-12(16)9-19-13(18)11(7-14)15-6-4-5-10(2)8-15/h4-6,8,14H,3,9H2,1-2H3/q+1. The van der Waals surface area contributed by atoms with Crippen LogP contribution in [0.5, 0.6) is 0 Å². The van der Waals surface area contributed by atoms with E-state index in [9.17, 15) is 4.79 Å². The van der Waals surface area contributed by atoms with Crippen molar-refractivity contribution < 1.29 is 14.1 Å². The molecule has 0 aliphatic heterocycles. The molecule has 0 aliphatic carbocycles. The summed E-state index contributed by atoms with van der Waals surface area (Å²) in [6, 6.07) is 3.82. The van der Waals surface area contributed by atoms with Gasteiger partial charge >= 0.3 is 5.97 Å². The van der Waals surface area contributed by atoms with Crippen molar-refractivity contribution in [3.8, 4) is 0 Å². The van der Waals surface area contributed by atoms with Crippen LogP contribution in [-0.2, 0) is 9.53 Å². The third kappa shape index (κ3) is 4.95. The van der Waals surface area contributed by atoms with Crippen LogP contribution in [-0.4, -0.2) is 28.4 Å². The van der Waals surface area contributed by atoms with Crippen molar-refractivity contribution in [3.63, 3.8) is 0 Å².